The maximum Gasteiger partial charge on any atom is 0.340 e. The highest BCUT2D eigenvalue weighted by molar-refractivity contribution is 5.98. The molecule has 1 aliphatic rings. The van der Waals surface area contributed by atoms with Gasteiger partial charge in [-0.3, -0.25) is 4.79 Å². The lowest BCUT2D eigenvalue weighted by molar-refractivity contribution is -0.123. The molecule has 1 fully saturated rings. The van der Waals surface area contributed by atoms with Gasteiger partial charge < -0.3 is 19.4 Å². The first-order valence-electron chi connectivity index (χ1n) is 9.16. The fourth-order valence-corrected chi connectivity index (χ4v) is 3.31. The minimum atomic E-state index is -0.924. The second-order valence-corrected chi connectivity index (χ2v) is 7.13. The van der Waals surface area contributed by atoms with E-state index in [4.69, 9.17) is 9.47 Å². The molecule has 1 amide bonds. The van der Waals surface area contributed by atoms with Crippen molar-refractivity contribution in [3.8, 4) is 5.75 Å². The number of nitrogens with one attached hydrogen (secondary N) is 1. The molecule has 27 heavy (non-hydrogen) atoms. The summed E-state index contributed by atoms with van der Waals surface area (Å²) < 4.78 is 12.9. The Morgan fingerprint density at radius 3 is 2.52 bits per heavy atom. The van der Waals surface area contributed by atoms with Crippen LogP contribution in [0.15, 0.2) is 24.3 Å². The Bertz CT molecular complexity index is 881. The summed E-state index contributed by atoms with van der Waals surface area (Å²) in [4.78, 5) is 25.1. The summed E-state index contributed by atoms with van der Waals surface area (Å²) in [6, 6.07) is 7.82. The van der Waals surface area contributed by atoms with Crippen LogP contribution in [0.25, 0.3) is 0 Å². The molecule has 0 unspecified atom stereocenters. The topological polar surface area (TPSA) is 69.6 Å². The van der Waals surface area contributed by atoms with Crippen LogP contribution < -0.4 is 10.1 Å². The zero-order valence-corrected chi connectivity index (χ0v) is 16.5. The zero-order chi connectivity index (χ0) is 19.7. The largest absolute Gasteiger partial charge is 0.495 e. The summed E-state index contributed by atoms with van der Waals surface area (Å²) in [5.74, 6) is -0.322. The van der Waals surface area contributed by atoms with Gasteiger partial charge in [0.1, 0.15) is 5.75 Å². The summed E-state index contributed by atoms with van der Waals surface area (Å²) in [5.41, 5.74) is 4.00. The minimum absolute atomic E-state index is 0.400. The van der Waals surface area contributed by atoms with Crippen molar-refractivity contribution in [3.05, 3.63) is 46.8 Å². The van der Waals surface area contributed by atoms with Crippen LogP contribution in [0.2, 0.25) is 0 Å². The number of ether oxygens (including phenoxy) is 2. The molecule has 1 N–H and O–H groups in total. The summed E-state index contributed by atoms with van der Waals surface area (Å²) in [6.45, 7) is 7.40. The number of esters is 1. The van der Waals surface area contributed by atoms with Gasteiger partial charge in [-0.15, -0.1) is 0 Å². The first-order valence-corrected chi connectivity index (χ1v) is 9.16. The second kappa shape index (κ2) is 7.47. The van der Waals surface area contributed by atoms with Crippen molar-refractivity contribution in [3.63, 3.8) is 0 Å². The first-order chi connectivity index (χ1) is 12.8. The van der Waals surface area contributed by atoms with E-state index in [0.717, 1.165) is 29.8 Å². The Kier molecular flexibility index (Phi) is 5.26. The number of benzene rings is 1. The Morgan fingerprint density at radius 2 is 1.89 bits per heavy atom. The van der Waals surface area contributed by atoms with E-state index in [1.807, 2.05) is 39.0 Å². The van der Waals surface area contributed by atoms with Crippen LogP contribution in [0.5, 0.6) is 5.75 Å². The molecule has 1 heterocycles. The van der Waals surface area contributed by atoms with Crippen LogP contribution in [0.4, 0.5) is 5.69 Å². The van der Waals surface area contributed by atoms with E-state index in [-0.39, 0.29) is 0 Å². The van der Waals surface area contributed by atoms with Crippen LogP contribution in [0.1, 0.15) is 53.1 Å². The van der Waals surface area contributed by atoms with Gasteiger partial charge in [0.15, 0.2) is 6.10 Å². The quantitative estimate of drug-likeness (QED) is 0.782. The van der Waals surface area contributed by atoms with Gasteiger partial charge >= 0.3 is 5.97 Å². The summed E-state index contributed by atoms with van der Waals surface area (Å²) in [6.07, 6.45) is 1.36. The highest BCUT2D eigenvalue weighted by Gasteiger charge is 2.29. The Hall–Kier alpha value is -2.76. The van der Waals surface area contributed by atoms with E-state index < -0.39 is 18.0 Å². The number of rotatable bonds is 6. The Balaban J connectivity index is 1.69. The van der Waals surface area contributed by atoms with Crippen LogP contribution in [0, 0.1) is 20.8 Å². The van der Waals surface area contributed by atoms with E-state index >= 15 is 0 Å². The van der Waals surface area contributed by atoms with Gasteiger partial charge in [-0.05, 0) is 64.3 Å². The average molecular weight is 370 g/mol. The van der Waals surface area contributed by atoms with Crippen LogP contribution >= 0.6 is 0 Å². The fraction of sp³-hybridized carbons (Fsp3) is 0.429. The average Bonchev–Trinajstić information content (AvgIpc) is 3.40. The Morgan fingerprint density at radius 1 is 1.19 bits per heavy atom. The highest BCUT2D eigenvalue weighted by atomic mass is 16.5. The van der Waals surface area contributed by atoms with Crippen molar-refractivity contribution in [1.29, 1.82) is 0 Å². The van der Waals surface area contributed by atoms with Crippen LogP contribution in [0.3, 0.4) is 0 Å². The predicted octanol–water partition coefficient (Wildman–Crippen LogP) is 3.94. The minimum Gasteiger partial charge on any atom is -0.495 e. The predicted molar refractivity (Wildman–Crippen MR) is 103 cm³/mol. The molecule has 2 aromatic rings. The molecule has 0 aliphatic heterocycles. The third kappa shape index (κ3) is 3.99. The van der Waals surface area contributed by atoms with E-state index in [1.54, 1.807) is 20.1 Å². The fourth-order valence-electron chi connectivity index (χ4n) is 3.31. The smallest absolute Gasteiger partial charge is 0.340 e. The lowest BCUT2D eigenvalue weighted by Crippen LogP contribution is -2.30. The van der Waals surface area contributed by atoms with Crippen molar-refractivity contribution in [2.24, 2.45) is 0 Å². The molecule has 1 aliphatic carbocycles. The van der Waals surface area contributed by atoms with Crippen LogP contribution in [-0.2, 0) is 9.53 Å². The molecule has 0 saturated heterocycles. The second-order valence-electron chi connectivity index (χ2n) is 7.13. The zero-order valence-electron chi connectivity index (χ0n) is 16.5. The number of methoxy groups -OCH3 is 1. The normalized spacial score (nSPS) is 14.6. The van der Waals surface area contributed by atoms with Gasteiger partial charge in [-0.1, -0.05) is 6.07 Å². The maximum absolute atomic E-state index is 12.6. The van der Waals surface area contributed by atoms with E-state index in [9.17, 15) is 9.59 Å². The van der Waals surface area contributed by atoms with Gasteiger partial charge in [0.2, 0.25) is 0 Å². The molecule has 0 spiro atoms. The van der Waals surface area contributed by atoms with Gasteiger partial charge in [0.25, 0.3) is 5.91 Å². The number of carbonyl (C=O) groups is 2. The highest BCUT2D eigenvalue weighted by Crippen LogP contribution is 2.38. The third-order valence-corrected chi connectivity index (χ3v) is 4.88. The number of aryl methyl sites for hydroxylation is 2. The molecular formula is C21H26N2O4. The molecule has 144 valence electrons. The van der Waals surface area contributed by atoms with Crippen molar-refractivity contribution < 1.29 is 19.1 Å². The van der Waals surface area contributed by atoms with Crippen molar-refractivity contribution >= 4 is 17.6 Å². The number of hydrogen-bond acceptors (Lipinski definition) is 4. The van der Waals surface area contributed by atoms with Gasteiger partial charge in [0.05, 0.1) is 18.4 Å². The molecule has 1 atom stereocenters. The van der Waals surface area contributed by atoms with E-state index in [0.29, 0.717) is 23.0 Å². The standard InChI is InChI=1S/C21H26N2O4/c1-12-6-9-19(26-5)18(10-12)22-20(24)15(4)27-21(25)17-11-13(2)23(14(17)3)16-7-8-16/h6,9-11,15-16H,7-8H2,1-5H3,(H,22,24)/t15-/m0/s1. The molecule has 1 aromatic carbocycles. The lowest BCUT2D eigenvalue weighted by Gasteiger charge is -2.16. The monoisotopic (exact) mass is 370 g/mol. The van der Waals surface area contributed by atoms with Crippen molar-refractivity contribution in [2.75, 3.05) is 12.4 Å². The SMILES string of the molecule is COc1ccc(C)cc1NC(=O)[C@H](C)OC(=O)c1cc(C)n(C2CC2)c1C. The number of anilines is 1. The number of nitrogens with zero attached hydrogens (tertiary/aromatic N) is 1. The maximum atomic E-state index is 12.6. The first kappa shape index (κ1) is 19.0. The molecule has 6 heteroatoms. The lowest BCUT2D eigenvalue weighted by atomic mass is 10.2. The van der Waals surface area contributed by atoms with Crippen molar-refractivity contribution in [2.45, 2.75) is 52.7 Å². The number of aromatic nitrogens is 1. The van der Waals surface area contributed by atoms with E-state index in [1.165, 1.54) is 0 Å². The van der Waals surface area contributed by atoms with Gasteiger partial charge in [-0.2, -0.15) is 0 Å². The molecule has 1 saturated carbocycles. The molecule has 6 nitrogen and oxygen atoms in total. The van der Waals surface area contributed by atoms with Gasteiger partial charge in [0, 0.05) is 17.4 Å². The molecule has 0 radical (unpaired) electrons. The van der Waals surface area contributed by atoms with Crippen molar-refractivity contribution in [1.82, 2.24) is 4.57 Å². The summed E-state index contributed by atoms with van der Waals surface area (Å²) in [7, 11) is 1.54. The summed E-state index contributed by atoms with van der Waals surface area (Å²) >= 11 is 0. The van der Waals surface area contributed by atoms with Gasteiger partial charge in [-0.25, -0.2) is 4.79 Å². The molecule has 1 aromatic heterocycles. The molecule has 3 rings (SSSR count). The summed E-state index contributed by atoms with van der Waals surface area (Å²) in [5, 5.41) is 2.77. The number of hydrogen-bond donors (Lipinski definition) is 1. The molecule has 0 bridgehead atoms. The van der Waals surface area contributed by atoms with Crippen LogP contribution in [-0.4, -0.2) is 29.7 Å². The van der Waals surface area contributed by atoms with E-state index in [2.05, 4.69) is 9.88 Å². The number of amides is 1. The third-order valence-electron chi connectivity index (χ3n) is 4.88. The Labute approximate surface area is 159 Å². The number of carbonyl (C=O) groups excluding carboxylic acids is 2. The molecular weight excluding hydrogens is 344 g/mol.